The van der Waals surface area contributed by atoms with Gasteiger partial charge in [-0.15, -0.1) is 6.58 Å². The molecular formula is C15H22N2O2. The van der Waals surface area contributed by atoms with Crippen LogP contribution < -0.4 is 4.90 Å². The third kappa shape index (κ3) is 4.73. The van der Waals surface area contributed by atoms with Crippen molar-refractivity contribution in [2.75, 3.05) is 18.5 Å². The highest BCUT2D eigenvalue weighted by Gasteiger charge is 2.10. The molecule has 1 aromatic rings. The lowest BCUT2D eigenvalue weighted by Crippen LogP contribution is -2.20. The number of aromatic carboxylic acids is 1. The van der Waals surface area contributed by atoms with E-state index in [1.54, 1.807) is 12.1 Å². The zero-order chi connectivity index (χ0) is 14.3. The summed E-state index contributed by atoms with van der Waals surface area (Å²) in [6.07, 6.45) is 5.58. The van der Waals surface area contributed by atoms with E-state index in [0.29, 0.717) is 5.56 Å². The lowest BCUT2D eigenvalue weighted by atomic mass is 10.1. The number of pyridine rings is 1. The molecule has 0 unspecified atom stereocenters. The molecule has 0 saturated carbocycles. The fourth-order valence-electron chi connectivity index (χ4n) is 1.86. The molecule has 0 aromatic carbocycles. The van der Waals surface area contributed by atoms with Crippen LogP contribution in [0.1, 0.15) is 42.2 Å². The molecule has 0 aliphatic heterocycles. The number of nitrogens with zero attached hydrogens (tertiary/aromatic N) is 2. The molecule has 0 amide bonds. The second-order valence-electron chi connectivity index (χ2n) is 4.61. The molecule has 0 aliphatic carbocycles. The van der Waals surface area contributed by atoms with Crippen molar-refractivity contribution >= 4 is 11.8 Å². The molecule has 0 radical (unpaired) electrons. The minimum atomic E-state index is -0.902. The van der Waals surface area contributed by atoms with E-state index in [0.717, 1.165) is 43.7 Å². The summed E-state index contributed by atoms with van der Waals surface area (Å²) in [6, 6.07) is 3.29. The van der Waals surface area contributed by atoms with E-state index in [9.17, 15) is 4.79 Å². The lowest BCUT2D eigenvalue weighted by molar-refractivity contribution is 0.0696. The first-order valence-corrected chi connectivity index (χ1v) is 6.64. The van der Waals surface area contributed by atoms with Gasteiger partial charge in [-0.3, -0.25) is 0 Å². The Bertz CT molecular complexity index is 444. The highest BCUT2D eigenvalue weighted by Crippen LogP contribution is 2.16. The van der Waals surface area contributed by atoms with Crippen LogP contribution >= 0.6 is 0 Å². The second-order valence-corrected chi connectivity index (χ2v) is 4.61. The van der Waals surface area contributed by atoms with Gasteiger partial charge in [-0.1, -0.05) is 19.4 Å². The summed E-state index contributed by atoms with van der Waals surface area (Å²) in [7, 11) is 1.94. The van der Waals surface area contributed by atoms with Gasteiger partial charge < -0.3 is 10.0 Å². The van der Waals surface area contributed by atoms with Crippen molar-refractivity contribution in [1.82, 2.24) is 4.98 Å². The highest BCUT2D eigenvalue weighted by molar-refractivity contribution is 5.88. The molecule has 0 spiro atoms. The topological polar surface area (TPSA) is 53.4 Å². The first-order chi connectivity index (χ1) is 9.08. The molecule has 4 nitrogen and oxygen atoms in total. The van der Waals surface area contributed by atoms with Crippen molar-refractivity contribution in [1.29, 1.82) is 0 Å². The van der Waals surface area contributed by atoms with Gasteiger partial charge in [-0.2, -0.15) is 0 Å². The van der Waals surface area contributed by atoms with E-state index in [4.69, 9.17) is 5.11 Å². The van der Waals surface area contributed by atoms with Crippen LogP contribution in [0.5, 0.6) is 0 Å². The molecule has 1 heterocycles. The van der Waals surface area contributed by atoms with Gasteiger partial charge in [-0.25, -0.2) is 9.78 Å². The van der Waals surface area contributed by atoms with Gasteiger partial charge in [0.2, 0.25) is 0 Å². The molecule has 1 aromatic heterocycles. The Morgan fingerprint density at radius 3 is 2.84 bits per heavy atom. The second kappa shape index (κ2) is 7.56. The Balaban J connectivity index is 2.91. The van der Waals surface area contributed by atoms with Crippen LogP contribution in [0.4, 0.5) is 5.82 Å². The largest absolute Gasteiger partial charge is 0.478 e. The highest BCUT2D eigenvalue weighted by atomic mass is 16.4. The van der Waals surface area contributed by atoms with Crippen LogP contribution in [-0.4, -0.2) is 29.7 Å². The molecule has 104 valence electrons. The SMILES string of the molecule is C=CCCCN(C)c1cc(C(=O)O)cc(CCC)n1. The molecule has 0 aliphatic rings. The molecule has 19 heavy (non-hydrogen) atoms. The number of carboxylic acids is 1. The minimum Gasteiger partial charge on any atom is -0.478 e. The molecule has 0 atom stereocenters. The smallest absolute Gasteiger partial charge is 0.335 e. The molecule has 0 fully saturated rings. The van der Waals surface area contributed by atoms with E-state index in [1.165, 1.54) is 0 Å². The summed E-state index contributed by atoms with van der Waals surface area (Å²) in [5.74, 6) is -0.173. The molecule has 1 N–H and O–H groups in total. The van der Waals surface area contributed by atoms with Crippen molar-refractivity contribution in [2.24, 2.45) is 0 Å². The third-order valence-corrected chi connectivity index (χ3v) is 2.91. The maximum Gasteiger partial charge on any atom is 0.335 e. The Labute approximate surface area is 114 Å². The van der Waals surface area contributed by atoms with Crippen molar-refractivity contribution in [3.63, 3.8) is 0 Å². The molecule has 0 saturated heterocycles. The van der Waals surface area contributed by atoms with Gasteiger partial charge in [0.15, 0.2) is 0 Å². The van der Waals surface area contributed by atoms with Gasteiger partial charge in [0.1, 0.15) is 5.82 Å². The van der Waals surface area contributed by atoms with E-state index in [2.05, 4.69) is 18.5 Å². The number of rotatable bonds is 8. The monoisotopic (exact) mass is 262 g/mol. The van der Waals surface area contributed by atoms with Crippen molar-refractivity contribution < 1.29 is 9.90 Å². The van der Waals surface area contributed by atoms with Crippen molar-refractivity contribution in [3.8, 4) is 0 Å². The maximum absolute atomic E-state index is 11.1. The summed E-state index contributed by atoms with van der Waals surface area (Å²) < 4.78 is 0. The summed E-state index contributed by atoms with van der Waals surface area (Å²) in [6.45, 7) is 6.59. The van der Waals surface area contributed by atoms with Crippen LogP contribution in [0.3, 0.4) is 0 Å². The lowest BCUT2D eigenvalue weighted by Gasteiger charge is -2.19. The number of unbranched alkanes of at least 4 members (excludes halogenated alkanes) is 1. The number of hydrogen-bond acceptors (Lipinski definition) is 3. The number of aromatic nitrogens is 1. The van der Waals surface area contributed by atoms with E-state index in [-0.39, 0.29) is 0 Å². The molecule has 4 heteroatoms. The fourth-order valence-corrected chi connectivity index (χ4v) is 1.86. The zero-order valence-electron chi connectivity index (χ0n) is 11.7. The molecule has 1 rings (SSSR count). The van der Waals surface area contributed by atoms with Crippen molar-refractivity contribution in [3.05, 3.63) is 36.0 Å². The first-order valence-electron chi connectivity index (χ1n) is 6.64. The normalized spacial score (nSPS) is 10.2. The van der Waals surface area contributed by atoms with Crippen LogP contribution in [0, 0.1) is 0 Å². The first kappa shape index (κ1) is 15.2. The summed E-state index contributed by atoms with van der Waals surface area (Å²) in [5.41, 5.74) is 1.15. The Kier molecular flexibility index (Phi) is 6.06. The Morgan fingerprint density at radius 2 is 2.26 bits per heavy atom. The predicted molar refractivity (Wildman–Crippen MR) is 77.9 cm³/mol. The number of hydrogen-bond donors (Lipinski definition) is 1. The summed E-state index contributed by atoms with van der Waals surface area (Å²) >= 11 is 0. The van der Waals surface area contributed by atoms with E-state index >= 15 is 0 Å². The summed E-state index contributed by atoms with van der Waals surface area (Å²) in [5, 5.41) is 9.14. The van der Waals surface area contributed by atoms with Gasteiger partial charge >= 0.3 is 5.97 Å². The predicted octanol–water partition coefficient (Wildman–Crippen LogP) is 3.13. The number of allylic oxidation sites excluding steroid dienone is 1. The van der Waals surface area contributed by atoms with Gasteiger partial charge in [0.05, 0.1) is 5.56 Å². The number of anilines is 1. The quantitative estimate of drug-likeness (QED) is 0.577. The number of carbonyl (C=O) groups is 1. The number of aryl methyl sites for hydroxylation is 1. The maximum atomic E-state index is 11.1. The van der Waals surface area contributed by atoms with Crippen LogP contribution in [0.15, 0.2) is 24.8 Å². The van der Waals surface area contributed by atoms with Gasteiger partial charge in [0.25, 0.3) is 0 Å². The Morgan fingerprint density at radius 1 is 1.53 bits per heavy atom. The van der Waals surface area contributed by atoms with E-state index in [1.807, 2.05) is 18.0 Å². The molecular weight excluding hydrogens is 240 g/mol. The van der Waals surface area contributed by atoms with E-state index < -0.39 is 5.97 Å². The average molecular weight is 262 g/mol. The third-order valence-electron chi connectivity index (χ3n) is 2.91. The number of carboxylic acid groups (broad SMARTS) is 1. The zero-order valence-corrected chi connectivity index (χ0v) is 11.7. The Hall–Kier alpha value is -1.84. The minimum absolute atomic E-state index is 0.309. The van der Waals surface area contributed by atoms with Crippen LogP contribution in [0.2, 0.25) is 0 Å². The molecule has 0 bridgehead atoms. The fraction of sp³-hybridized carbons (Fsp3) is 0.467. The summed E-state index contributed by atoms with van der Waals surface area (Å²) in [4.78, 5) is 17.6. The standard InChI is InChI=1S/C15H22N2O2/c1-4-6-7-9-17(3)14-11-12(15(18)19)10-13(16-14)8-5-2/h4,10-11H,1,5-9H2,2-3H3,(H,18,19). The van der Waals surface area contributed by atoms with Crippen molar-refractivity contribution in [2.45, 2.75) is 32.6 Å². The van der Waals surface area contributed by atoms with Gasteiger partial charge in [-0.05, 0) is 31.4 Å². The van der Waals surface area contributed by atoms with Crippen LogP contribution in [-0.2, 0) is 6.42 Å². The average Bonchev–Trinajstić information content (AvgIpc) is 2.39. The van der Waals surface area contributed by atoms with Crippen LogP contribution in [0.25, 0.3) is 0 Å². The van der Waals surface area contributed by atoms with Gasteiger partial charge in [0, 0.05) is 19.3 Å².